The molecule has 0 fully saturated rings. The van der Waals surface area contributed by atoms with E-state index in [-0.39, 0.29) is 5.69 Å². The molecule has 0 aliphatic heterocycles. The molecule has 0 saturated carbocycles. The number of rotatable bonds is 3. The Morgan fingerprint density at radius 1 is 0.944 bits per heavy atom. The van der Waals surface area contributed by atoms with Crippen molar-refractivity contribution in [2.24, 2.45) is 0 Å². The molecule has 0 saturated heterocycles. The standard InChI is InChI=1S/C13H9BrF3N/c14-9-4-2-1-3-8(9)7-18-11-6-5-10(15)12(16)13(11)17/h1-6,18H,7H2. The predicted octanol–water partition coefficient (Wildman–Crippen LogP) is 4.48. The van der Waals surface area contributed by atoms with Gasteiger partial charge in [-0.25, -0.2) is 13.2 Å². The van der Waals surface area contributed by atoms with Crippen LogP contribution < -0.4 is 5.32 Å². The molecule has 0 heterocycles. The first-order chi connectivity index (χ1) is 8.59. The average molecular weight is 316 g/mol. The molecule has 0 aliphatic rings. The Kier molecular flexibility index (Phi) is 3.91. The lowest BCUT2D eigenvalue weighted by Crippen LogP contribution is -2.04. The molecule has 0 unspecified atom stereocenters. The zero-order chi connectivity index (χ0) is 13.1. The van der Waals surface area contributed by atoms with Gasteiger partial charge in [0.1, 0.15) is 0 Å². The van der Waals surface area contributed by atoms with E-state index in [0.717, 1.165) is 16.1 Å². The SMILES string of the molecule is Fc1ccc(NCc2ccccc2Br)c(F)c1F. The molecule has 0 bridgehead atoms. The van der Waals surface area contributed by atoms with Crippen molar-refractivity contribution in [2.45, 2.75) is 6.54 Å². The van der Waals surface area contributed by atoms with Crippen molar-refractivity contribution in [2.75, 3.05) is 5.32 Å². The highest BCUT2D eigenvalue weighted by molar-refractivity contribution is 9.10. The fourth-order valence-corrected chi connectivity index (χ4v) is 1.92. The zero-order valence-corrected chi connectivity index (χ0v) is 10.8. The molecule has 5 heteroatoms. The summed E-state index contributed by atoms with van der Waals surface area (Å²) < 4.78 is 40.0. The lowest BCUT2D eigenvalue weighted by Gasteiger charge is -2.09. The Bertz CT molecular complexity index is 572. The van der Waals surface area contributed by atoms with Crippen LogP contribution in [0.25, 0.3) is 0 Å². The summed E-state index contributed by atoms with van der Waals surface area (Å²) in [6.07, 6.45) is 0. The van der Waals surface area contributed by atoms with Crippen LogP contribution in [0.4, 0.5) is 18.9 Å². The molecule has 0 aromatic heterocycles. The molecule has 0 spiro atoms. The van der Waals surface area contributed by atoms with Crippen LogP contribution in [0.1, 0.15) is 5.56 Å². The van der Waals surface area contributed by atoms with E-state index in [1.165, 1.54) is 6.07 Å². The van der Waals surface area contributed by atoms with E-state index in [0.29, 0.717) is 6.54 Å². The summed E-state index contributed by atoms with van der Waals surface area (Å²) >= 11 is 3.35. The molecule has 0 aliphatic carbocycles. The quantitative estimate of drug-likeness (QED) is 0.823. The molecule has 1 N–H and O–H groups in total. The van der Waals surface area contributed by atoms with E-state index < -0.39 is 17.5 Å². The van der Waals surface area contributed by atoms with Gasteiger partial charge in [0.2, 0.25) is 0 Å². The summed E-state index contributed by atoms with van der Waals surface area (Å²) in [5, 5.41) is 2.73. The monoisotopic (exact) mass is 315 g/mol. The van der Waals surface area contributed by atoms with Crippen molar-refractivity contribution in [1.82, 2.24) is 0 Å². The van der Waals surface area contributed by atoms with Gasteiger partial charge in [-0.1, -0.05) is 34.1 Å². The molecular weight excluding hydrogens is 307 g/mol. The third-order valence-corrected chi connectivity index (χ3v) is 3.24. The largest absolute Gasteiger partial charge is 0.378 e. The van der Waals surface area contributed by atoms with Crippen LogP contribution >= 0.6 is 15.9 Å². The van der Waals surface area contributed by atoms with Crippen LogP contribution in [0.15, 0.2) is 40.9 Å². The molecule has 1 nitrogen and oxygen atoms in total. The number of halogens is 4. The Morgan fingerprint density at radius 2 is 1.67 bits per heavy atom. The van der Waals surface area contributed by atoms with Crippen molar-refractivity contribution >= 4 is 21.6 Å². The van der Waals surface area contributed by atoms with Crippen LogP contribution in [-0.2, 0) is 6.54 Å². The normalized spacial score (nSPS) is 10.4. The lowest BCUT2D eigenvalue weighted by molar-refractivity contribution is 0.449. The summed E-state index contributed by atoms with van der Waals surface area (Å²) in [7, 11) is 0. The van der Waals surface area contributed by atoms with E-state index in [1.54, 1.807) is 0 Å². The van der Waals surface area contributed by atoms with Crippen LogP contribution in [0.3, 0.4) is 0 Å². The fourth-order valence-electron chi connectivity index (χ4n) is 1.49. The molecule has 94 valence electrons. The van der Waals surface area contributed by atoms with Gasteiger partial charge < -0.3 is 5.32 Å². The molecular formula is C13H9BrF3N. The summed E-state index contributed by atoms with van der Waals surface area (Å²) in [5.74, 6) is -3.87. The van der Waals surface area contributed by atoms with Gasteiger partial charge in [0, 0.05) is 11.0 Å². The molecule has 2 aromatic carbocycles. The van der Waals surface area contributed by atoms with Gasteiger partial charge in [0.05, 0.1) is 5.69 Å². The number of benzene rings is 2. The minimum absolute atomic E-state index is 0.0651. The van der Waals surface area contributed by atoms with Crippen molar-refractivity contribution in [3.05, 3.63) is 63.9 Å². The first kappa shape index (κ1) is 13.0. The lowest BCUT2D eigenvalue weighted by atomic mass is 10.2. The highest BCUT2D eigenvalue weighted by Crippen LogP contribution is 2.22. The average Bonchev–Trinajstić information content (AvgIpc) is 2.37. The van der Waals surface area contributed by atoms with Crippen LogP contribution in [0.5, 0.6) is 0 Å². The van der Waals surface area contributed by atoms with Crippen LogP contribution in [0, 0.1) is 17.5 Å². The Balaban J connectivity index is 2.17. The summed E-state index contributed by atoms with van der Waals surface area (Å²) in [4.78, 5) is 0. The molecule has 2 rings (SSSR count). The van der Waals surface area contributed by atoms with Gasteiger partial charge in [0.25, 0.3) is 0 Å². The number of anilines is 1. The summed E-state index contributed by atoms with van der Waals surface area (Å²) in [6, 6.07) is 9.44. The number of hydrogen-bond donors (Lipinski definition) is 1. The van der Waals surface area contributed by atoms with Gasteiger partial charge in [-0.15, -0.1) is 0 Å². The molecule has 0 radical (unpaired) electrons. The van der Waals surface area contributed by atoms with E-state index in [2.05, 4.69) is 21.2 Å². The van der Waals surface area contributed by atoms with E-state index in [9.17, 15) is 13.2 Å². The highest BCUT2D eigenvalue weighted by Gasteiger charge is 2.13. The topological polar surface area (TPSA) is 12.0 Å². The zero-order valence-electron chi connectivity index (χ0n) is 9.18. The third-order valence-electron chi connectivity index (χ3n) is 2.46. The second-order valence-corrected chi connectivity index (χ2v) is 4.52. The van der Waals surface area contributed by atoms with Gasteiger partial charge in [-0.05, 0) is 23.8 Å². The predicted molar refractivity (Wildman–Crippen MR) is 67.8 cm³/mol. The molecule has 0 amide bonds. The highest BCUT2D eigenvalue weighted by atomic mass is 79.9. The Labute approximate surface area is 111 Å². The van der Waals surface area contributed by atoms with Crippen molar-refractivity contribution in [1.29, 1.82) is 0 Å². The van der Waals surface area contributed by atoms with E-state index in [4.69, 9.17) is 0 Å². The maximum atomic E-state index is 13.4. The Hall–Kier alpha value is -1.49. The summed E-state index contributed by atoms with van der Waals surface area (Å²) in [6.45, 7) is 0.309. The minimum Gasteiger partial charge on any atom is -0.378 e. The van der Waals surface area contributed by atoms with E-state index >= 15 is 0 Å². The number of nitrogens with one attached hydrogen (secondary N) is 1. The Morgan fingerprint density at radius 3 is 2.39 bits per heavy atom. The third kappa shape index (κ3) is 2.67. The van der Waals surface area contributed by atoms with Gasteiger partial charge >= 0.3 is 0 Å². The molecule has 18 heavy (non-hydrogen) atoms. The van der Waals surface area contributed by atoms with Crippen LogP contribution in [-0.4, -0.2) is 0 Å². The minimum atomic E-state index is -1.47. The smallest absolute Gasteiger partial charge is 0.196 e. The molecule has 0 atom stereocenters. The maximum Gasteiger partial charge on any atom is 0.196 e. The first-order valence-corrected chi connectivity index (χ1v) is 5.99. The second-order valence-electron chi connectivity index (χ2n) is 3.67. The maximum absolute atomic E-state index is 13.4. The summed E-state index contributed by atoms with van der Waals surface area (Å²) in [5.41, 5.74) is 0.825. The fraction of sp³-hybridized carbons (Fsp3) is 0.0769. The first-order valence-electron chi connectivity index (χ1n) is 5.20. The van der Waals surface area contributed by atoms with Gasteiger partial charge in [-0.2, -0.15) is 0 Å². The van der Waals surface area contributed by atoms with E-state index in [1.807, 2.05) is 24.3 Å². The second kappa shape index (κ2) is 5.44. The molecule has 2 aromatic rings. The van der Waals surface area contributed by atoms with Crippen molar-refractivity contribution in [3.8, 4) is 0 Å². The van der Waals surface area contributed by atoms with Gasteiger partial charge in [0.15, 0.2) is 17.5 Å². The van der Waals surface area contributed by atoms with Crippen LogP contribution in [0.2, 0.25) is 0 Å². The van der Waals surface area contributed by atoms with Crippen molar-refractivity contribution < 1.29 is 13.2 Å². The van der Waals surface area contributed by atoms with Crippen molar-refractivity contribution in [3.63, 3.8) is 0 Å². The van der Waals surface area contributed by atoms with Gasteiger partial charge in [-0.3, -0.25) is 0 Å². The number of hydrogen-bond acceptors (Lipinski definition) is 1.